The third-order valence-electron chi connectivity index (χ3n) is 4.21. The molecule has 3 N–H and O–H groups in total. The number of nitrogen functional groups attached to an aromatic ring is 1. The molecule has 0 bridgehead atoms. The summed E-state index contributed by atoms with van der Waals surface area (Å²) < 4.78 is 2.77. The summed E-state index contributed by atoms with van der Waals surface area (Å²) in [5.74, 6) is -1.31. The van der Waals surface area contributed by atoms with Gasteiger partial charge < -0.3 is 5.73 Å². The quantitative estimate of drug-likeness (QED) is 0.483. The van der Waals surface area contributed by atoms with Crippen molar-refractivity contribution in [2.45, 2.75) is 0 Å². The fourth-order valence-corrected chi connectivity index (χ4v) is 3.80. The average Bonchev–Trinajstić information content (AvgIpc) is 3.30. The lowest BCUT2D eigenvalue weighted by Crippen LogP contribution is -2.24. The van der Waals surface area contributed by atoms with Crippen molar-refractivity contribution in [1.29, 1.82) is 0 Å². The number of imide groups is 1. The number of amides is 2. The topological polar surface area (TPSA) is 137 Å². The number of carbonyl (C=O) groups is 2. The second-order valence-electron chi connectivity index (χ2n) is 5.79. The molecule has 0 saturated carbocycles. The van der Waals surface area contributed by atoms with Crippen LogP contribution in [0.3, 0.4) is 0 Å². The van der Waals surface area contributed by atoms with Gasteiger partial charge in [-0.05, 0) is 24.3 Å². The molecule has 11 heteroatoms. The fourth-order valence-electron chi connectivity index (χ4n) is 2.98. The van der Waals surface area contributed by atoms with E-state index in [0.717, 1.165) is 16.6 Å². The molecule has 132 valence electrons. The number of carbonyl (C=O) groups excluding carboxylic acids is 2. The maximum Gasteiger partial charge on any atom is 0.262 e. The number of anilines is 1. The van der Waals surface area contributed by atoms with E-state index < -0.39 is 17.4 Å². The van der Waals surface area contributed by atoms with Crippen LogP contribution in [0.5, 0.6) is 0 Å². The van der Waals surface area contributed by atoms with Gasteiger partial charge in [0.2, 0.25) is 4.96 Å². The maximum atomic E-state index is 12.5. The number of rotatable bonds is 2. The molecule has 10 nitrogen and oxygen atoms in total. The van der Waals surface area contributed by atoms with Crippen molar-refractivity contribution in [3.8, 4) is 16.3 Å². The second-order valence-corrected chi connectivity index (χ2v) is 6.74. The molecule has 1 aromatic carbocycles. The number of pyridine rings is 1. The molecule has 1 aliphatic heterocycles. The van der Waals surface area contributed by atoms with Gasteiger partial charge in [-0.1, -0.05) is 11.3 Å². The number of aromatic nitrogens is 5. The molecule has 5 rings (SSSR count). The SMILES string of the molecule is Nc1c2c(cc(=O)n1-c1ccc(-c3nn4cnnc4s3)cc1)C(=O)NC2=O. The van der Waals surface area contributed by atoms with Gasteiger partial charge in [-0.15, -0.1) is 10.2 Å². The van der Waals surface area contributed by atoms with Crippen LogP contribution in [0.25, 0.3) is 21.2 Å². The van der Waals surface area contributed by atoms with Crippen LogP contribution in [0, 0.1) is 0 Å². The molecule has 0 saturated heterocycles. The third kappa shape index (κ3) is 2.18. The number of benzene rings is 1. The van der Waals surface area contributed by atoms with E-state index in [-0.39, 0.29) is 16.9 Å². The Kier molecular flexibility index (Phi) is 3.03. The number of nitrogens with one attached hydrogen (secondary N) is 1. The van der Waals surface area contributed by atoms with Crippen LogP contribution in [0.15, 0.2) is 41.5 Å². The molecule has 0 atom stereocenters. The molecule has 0 radical (unpaired) electrons. The molecule has 4 heterocycles. The van der Waals surface area contributed by atoms with Crippen LogP contribution in [-0.2, 0) is 0 Å². The van der Waals surface area contributed by atoms with Gasteiger partial charge in [-0.25, -0.2) is 0 Å². The average molecular weight is 379 g/mol. The Bertz CT molecular complexity index is 1290. The standard InChI is InChI=1S/C16H9N7O3S/c17-12-11-9(13(25)19-14(11)26)5-10(24)23(12)8-3-1-7(2-4-8)15-21-22-6-18-20-16(22)27-15/h1-6H,17H2,(H,19,25,26). The van der Waals surface area contributed by atoms with Crippen LogP contribution >= 0.6 is 11.3 Å². The molecule has 4 aromatic rings. The van der Waals surface area contributed by atoms with E-state index in [9.17, 15) is 14.4 Å². The van der Waals surface area contributed by atoms with E-state index in [1.807, 2.05) is 0 Å². The maximum absolute atomic E-state index is 12.5. The molecule has 0 unspecified atom stereocenters. The molecular weight excluding hydrogens is 370 g/mol. The number of hydrogen-bond donors (Lipinski definition) is 2. The second kappa shape index (κ2) is 5.32. The number of hydrogen-bond acceptors (Lipinski definition) is 8. The highest BCUT2D eigenvalue weighted by Gasteiger charge is 2.31. The van der Waals surface area contributed by atoms with Crippen molar-refractivity contribution in [1.82, 2.24) is 29.7 Å². The summed E-state index contributed by atoms with van der Waals surface area (Å²) in [6.07, 6.45) is 1.51. The first-order valence-corrected chi connectivity index (χ1v) is 8.53. The first-order chi connectivity index (χ1) is 13.0. The number of nitrogens with two attached hydrogens (primary N) is 1. The van der Waals surface area contributed by atoms with Gasteiger partial charge in [0.15, 0.2) is 0 Å². The Morgan fingerprint density at radius 2 is 1.85 bits per heavy atom. The first-order valence-electron chi connectivity index (χ1n) is 7.72. The molecule has 0 fully saturated rings. The smallest absolute Gasteiger partial charge is 0.262 e. The summed E-state index contributed by atoms with van der Waals surface area (Å²) in [5, 5.41) is 15.0. The van der Waals surface area contributed by atoms with E-state index in [0.29, 0.717) is 10.6 Å². The monoisotopic (exact) mass is 379 g/mol. The number of nitrogens with zero attached hydrogens (tertiary/aromatic N) is 5. The predicted molar refractivity (Wildman–Crippen MR) is 95.9 cm³/mol. The first kappa shape index (κ1) is 15.4. The van der Waals surface area contributed by atoms with Gasteiger partial charge in [0, 0.05) is 11.6 Å². The van der Waals surface area contributed by atoms with E-state index in [1.54, 1.807) is 28.8 Å². The van der Waals surface area contributed by atoms with Crippen LogP contribution in [0.2, 0.25) is 0 Å². The van der Waals surface area contributed by atoms with Gasteiger partial charge in [-0.3, -0.25) is 24.3 Å². The molecule has 27 heavy (non-hydrogen) atoms. The normalized spacial score (nSPS) is 13.2. The summed E-state index contributed by atoms with van der Waals surface area (Å²) in [6.45, 7) is 0. The zero-order chi connectivity index (χ0) is 18.7. The minimum Gasteiger partial charge on any atom is -0.384 e. The van der Waals surface area contributed by atoms with Gasteiger partial charge >= 0.3 is 0 Å². The zero-order valence-corrected chi connectivity index (χ0v) is 14.2. The fraction of sp³-hybridized carbons (Fsp3) is 0. The Morgan fingerprint density at radius 3 is 2.59 bits per heavy atom. The minimum atomic E-state index is -0.621. The molecular formula is C16H9N7O3S. The number of fused-ring (bicyclic) bond motifs is 2. The Hall–Kier alpha value is -3.86. The largest absolute Gasteiger partial charge is 0.384 e. The van der Waals surface area contributed by atoms with Crippen molar-refractivity contribution in [3.05, 3.63) is 58.1 Å². The lowest BCUT2D eigenvalue weighted by molar-refractivity contribution is 0.0880. The highest BCUT2D eigenvalue weighted by atomic mass is 32.1. The predicted octanol–water partition coefficient (Wildman–Crippen LogP) is 0.469. The summed E-state index contributed by atoms with van der Waals surface area (Å²) in [7, 11) is 0. The molecule has 0 spiro atoms. The van der Waals surface area contributed by atoms with Gasteiger partial charge in [0.1, 0.15) is 17.2 Å². The Morgan fingerprint density at radius 1 is 1.07 bits per heavy atom. The van der Waals surface area contributed by atoms with E-state index in [2.05, 4.69) is 20.6 Å². The molecule has 3 aromatic heterocycles. The Labute approximate surface area is 153 Å². The highest BCUT2D eigenvalue weighted by molar-refractivity contribution is 7.19. The van der Waals surface area contributed by atoms with E-state index in [1.165, 1.54) is 22.2 Å². The summed E-state index contributed by atoms with van der Waals surface area (Å²) >= 11 is 1.38. The molecule has 1 aliphatic rings. The van der Waals surface area contributed by atoms with Crippen LogP contribution in [-0.4, -0.2) is 36.2 Å². The van der Waals surface area contributed by atoms with E-state index >= 15 is 0 Å². The molecule has 2 amide bonds. The Balaban J connectivity index is 1.61. The molecule has 0 aliphatic carbocycles. The zero-order valence-electron chi connectivity index (χ0n) is 13.4. The van der Waals surface area contributed by atoms with E-state index in [4.69, 9.17) is 5.73 Å². The van der Waals surface area contributed by atoms with Crippen molar-refractivity contribution < 1.29 is 9.59 Å². The van der Waals surface area contributed by atoms with Gasteiger partial charge in [-0.2, -0.15) is 9.61 Å². The van der Waals surface area contributed by atoms with Gasteiger partial charge in [0.05, 0.1) is 16.8 Å². The lowest BCUT2D eigenvalue weighted by Gasteiger charge is -2.12. The summed E-state index contributed by atoms with van der Waals surface area (Å²) in [6, 6.07) is 8.06. The van der Waals surface area contributed by atoms with Crippen molar-refractivity contribution >= 4 is 33.9 Å². The summed E-state index contributed by atoms with van der Waals surface area (Å²) in [4.78, 5) is 36.8. The van der Waals surface area contributed by atoms with Crippen molar-refractivity contribution in [3.63, 3.8) is 0 Å². The highest BCUT2D eigenvalue weighted by Crippen LogP contribution is 2.27. The third-order valence-corrected chi connectivity index (χ3v) is 5.17. The summed E-state index contributed by atoms with van der Waals surface area (Å²) in [5.41, 5.74) is 6.84. The lowest BCUT2D eigenvalue weighted by atomic mass is 10.1. The van der Waals surface area contributed by atoms with Crippen LogP contribution < -0.4 is 16.6 Å². The minimum absolute atomic E-state index is 0.00453. The van der Waals surface area contributed by atoms with Crippen molar-refractivity contribution in [2.75, 3.05) is 5.73 Å². The van der Waals surface area contributed by atoms with Crippen LogP contribution in [0.1, 0.15) is 20.7 Å². The van der Waals surface area contributed by atoms with Crippen molar-refractivity contribution in [2.24, 2.45) is 0 Å². The van der Waals surface area contributed by atoms with Crippen LogP contribution in [0.4, 0.5) is 5.82 Å². The van der Waals surface area contributed by atoms with Gasteiger partial charge in [0.25, 0.3) is 17.4 Å².